The smallest absolute Gasteiger partial charge is 0.155 e. The van der Waals surface area contributed by atoms with Gasteiger partial charge in [-0.3, -0.25) is 9.59 Å². The molecule has 2 nitrogen and oxygen atoms in total. The largest absolute Gasteiger partial charge is 0.299 e. The van der Waals surface area contributed by atoms with E-state index in [1.54, 1.807) is 6.08 Å². The molecule has 0 aliphatic heterocycles. The zero-order chi connectivity index (χ0) is 15.6. The average molecular weight is 304 g/mol. The molecule has 22 heavy (non-hydrogen) atoms. The number of alkyl halides is 1. The molecule has 0 heterocycles. The van der Waals surface area contributed by atoms with Gasteiger partial charge in [0.25, 0.3) is 0 Å². The Labute approximate surface area is 131 Å². The van der Waals surface area contributed by atoms with Gasteiger partial charge in [-0.25, -0.2) is 4.39 Å². The number of ketones is 2. The van der Waals surface area contributed by atoms with E-state index in [9.17, 15) is 9.59 Å². The molecule has 0 unspecified atom stereocenters. The van der Waals surface area contributed by atoms with Crippen LogP contribution < -0.4 is 0 Å². The average Bonchev–Trinajstić information content (AvgIpc) is 2.74. The van der Waals surface area contributed by atoms with Gasteiger partial charge in [0.15, 0.2) is 5.78 Å². The van der Waals surface area contributed by atoms with Crippen LogP contribution in [0, 0.1) is 35.0 Å². The van der Waals surface area contributed by atoms with Crippen LogP contribution >= 0.6 is 0 Å². The quantitative estimate of drug-likeness (QED) is 0.680. The monoisotopic (exact) mass is 304 g/mol. The van der Waals surface area contributed by atoms with Crippen molar-refractivity contribution in [1.29, 1.82) is 0 Å². The lowest BCUT2D eigenvalue weighted by atomic mass is 9.49. The van der Waals surface area contributed by atoms with E-state index in [4.69, 9.17) is 0 Å². The first-order valence-electron chi connectivity index (χ1n) is 8.82. The van der Waals surface area contributed by atoms with Crippen LogP contribution in [0.5, 0.6) is 0 Å². The van der Waals surface area contributed by atoms with Crippen LogP contribution in [0.1, 0.15) is 52.4 Å². The third-order valence-corrected chi connectivity index (χ3v) is 7.29. The van der Waals surface area contributed by atoms with Gasteiger partial charge in [-0.15, -0.1) is 0 Å². The molecule has 120 valence electrons. The molecule has 0 aromatic carbocycles. The number of hydrogen-bond donors (Lipinski definition) is 0. The number of carbonyl (C=O) groups excluding carboxylic acids is 2. The molecular weight excluding hydrogens is 279 g/mol. The summed E-state index contributed by atoms with van der Waals surface area (Å²) >= 11 is 0. The minimum Gasteiger partial charge on any atom is -0.299 e. The number of fused-ring (bicyclic) bond motifs is 5. The van der Waals surface area contributed by atoms with Gasteiger partial charge in [-0.05, 0) is 55.4 Å². The summed E-state index contributed by atoms with van der Waals surface area (Å²) in [4.78, 5) is 24.1. The lowest BCUT2D eigenvalue weighted by Crippen LogP contribution is -2.54. The van der Waals surface area contributed by atoms with E-state index in [-0.39, 0.29) is 23.4 Å². The second-order valence-electron chi connectivity index (χ2n) is 8.37. The van der Waals surface area contributed by atoms with Gasteiger partial charge in [-0.1, -0.05) is 19.4 Å². The lowest BCUT2D eigenvalue weighted by molar-refractivity contribution is -0.138. The van der Waals surface area contributed by atoms with Crippen LogP contribution in [0.25, 0.3) is 0 Å². The molecule has 4 aliphatic carbocycles. The predicted molar refractivity (Wildman–Crippen MR) is 81.9 cm³/mol. The van der Waals surface area contributed by atoms with Crippen LogP contribution in [0.3, 0.4) is 0 Å². The Morgan fingerprint density at radius 1 is 1.18 bits per heavy atom. The highest BCUT2D eigenvalue weighted by Crippen LogP contribution is 2.62. The van der Waals surface area contributed by atoms with Crippen molar-refractivity contribution in [1.82, 2.24) is 0 Å². The SMILES string of the molecule is C[C@H]1CC2=CC(=O)CC[C@@H]2[C@@H]2[C@@H]1[C@@H]1CCC(=O)[C@@]1(C)C[C@@H]2F. The van der Waals surface area contributed by atoms with Crippen molar-refractivity contribution in [3.05, 3.63) is 11.6 Å². The first-order valence-corrected chi connectivity index (χ1v) is 8.82. The highest BCUT2D eigenvalue weighted by atomic mass is 19.1. The van der Waals surface area contributed by atoms with Gasteiger partial charge in [0.05, 0.1) is 0 Å². The molecule has 7 atom stereocenters. The summed E-state index contributed by atoms with van der Waals surface area (Å²) in [6.07, 6.45) is 5.20. The highest BCUT2D eigenvalue weighted by molar-refractivity contribution is 5.91. The van der Waals surface area contributed by atoms with E-state index in [0.29, 0.717) is 37.0 Å². The van der Waals surface area contributed by atoms with E-state index in [1.807, 2.05) is 6.92 Å². The van der Waals surface area contributed by atoms with Gasteiger partial charge in [0.2, 0.25) is 0 Å². The molecule has 4 rings (SSSR count). The third kappa shape index (κ3) is 1.83. The Bertz CT molecular complexity index is 566. The summed E-state index contributed by atoms with van der Waals surface area (Å²) in [7, 11) is 0. The summed E-state index contributed by atoms with van der Waals surface area (Å²) in [5, 5.41) is 0. The molecular formula is C19H25FO2. The van der Waals surface area contributed by atoms with Gasteiger partial charge in [-0.2, -0.15) is 0 Å². The van der Waals surface area contributed by atoms with Gasteiger partial charge in [0.1, 0.15) is 12.0 Å². The summed E-state index contributed by atoms with van der Waals surface area (Å²) < 4.78 is 15.2. The van der Waals surface area contributed by atoms with Crippen molar-refractivity contribution < 1.29 is 14.0 Å². The standard InChI is InChI=1S/C19H25FO2/c1-10-7-11-8-12(21)3-4-13(11)18-15(20)9-19(2)14(17(10)18)5-6-16(19)22/h8,10,13-15,17-18H,3-7,9H2,1-2H3/t10-,13-,14-,15-,17-,18-,19-/m0/s1. The Balaban J connectivity index is 1.74. The highest BCUT2D eigenvalue weighted by Gasteiger charge is 2.61. The minimum absolute atomic E-state index is 0.0343. The summed E-state index contributed by atoms with van der Waals surface area (Å²) in [5.74, 6) is 1.82. The van der Waals surface area contributed by atoms with Gasteiger partial charge in [0, 0.05) is 24.2 Å². The second-order valence-corrected chi connectivity index (χ2v) is 8.37. The molecule has 0 radical (unpaired) electrons. The number of rotatable bonds is 0. The maximum atomic E-state index is 15.2. The number of Topliss-reactive ketones (excluding diaryl/α,β-unsaturated/α-hetero) is 1. The molecule has 0 spiro atoms. The molecule has 0 bridgehead atoms. The van der Waals surface area contributed by atoms with Gasteiger partial charge < -0.3 is 0 Å². The normalized spacial score (nSPS) is 51.0. The van der Waals surface area contributed by atoms with Crippen molar-refractivity contribution in [3.8, 4) is 0 Å². The summed E-state index contributed by atoms with van der Waals surface area (Å²) in [5.41, 5.74) is 0.765. The van der Waals surface area contributed by atoms with E-state index in [1.165, 1.54) is 5.57 Å². The molecule has 4 aliphatic rings. The summed E-state index contributed by atoms with van der Waals surface area (Å²) in [6.45, 7) is 4.22. The predicted octanol–water partition coefficient (Wildman–Crippen LogP) is 3.89. The minimum atomic E-state index is -0.891. The van der Waals surface area contributed by atoms with E-state index in [0.717, 1.165) is 19.3 Å². The fourth-order valence-electron chi connectivity index (χ4n) is 6.35. The van der Waals surface area contributed by atoms with Gasteiger partial charge >= 0.3 is 0 Å². The zero-order valence-electron chi connectivity index (χ0n) is 13.5. The molecule has 3 saturated carbocycles. The van der Waals surface area contributed by atoms with Crippen LogP contribution in [-0.2, 0) is 9.59 Å². The second kappa shape index (κ2) is 4.75. The summed E-state index contributed by atoms with van der Waals surface area (Å²) in [6, 6.07) is 0. The van der Waals surface area contributed by atoms with Crippen LogP contribution in [0.15, 0.2) is 11.6 Å². The fraction of sp³-hybridized carbons (Fsp3) is 0.789. The van der Waals surface area contributed by atoms with Crippen LogP contribution in [0.4, 0.5) is 4.39 Å². The maximum absolute atomic E-state index is 15.2. The lowest BCUT2D eigenvalue weighted by Gasteiger charge is -2.55. The van der Waals surface area contributed by atoms with Crippen molar-refractivity contribution >= 4 is 11.6 Å². The van der Waals surface area contributed by atoms with Crippen LogP contribution in [-0.4, -0.2) is 17.7 Å². The molecule has 3 heteroatoms. The molecule has 0 amide bonds. The first kappa shape index (κ1) is 14.6. The molecule has 0 N–H and O–H groups in total. The zero-order valence-corrected chi connectivity index (χ0v) is 13.5. The Morgan fingerprint density at radius 2 is 1.95 bits per heavy atom. The fourth-order valence-corrected chi connectivity index (χ4v) is 6.35. The Morgan fingerprint density at radius 3 is 2.73 bits per heavy atom. The number of halogens is 1. The van der Waals surface area contributed by atoms with Crippen molar-refractivity contribution in [3.63, 3.8) is 0 Å². The Kier molecular flexibility index (Phi) is 3.15. The molecule has 0 aromatic rings. The number of allylic oxidation sites excluding steroid dienone is 1. The van der Waals surface area contributed by atoms with Crippen molar-refractivity contribution in [2.45, 2.75) is 58.5 Å². The van der Waals surface area contributed by atoms with E-state index in [2.05, 4.69) is 6.92 Å². The van der Waals surface area contributed by atoms with E-state index < -0.39 is 11.6 Å². The molecule has 3 fully saturated rings. The topological polar surface area (TPSA) is 34.1 Å². The van der Waals surface area contributed by atoms with Crippen molar-refractivity contribution in [2.75, 3.05) is 0 Å². The first-order chi connectivity index (χ1) is 10.4. The molecule has 0 saturated heterocycles. The van der Waals surface area contributed by atoms with Crippen LogP contribution in [0.2, 0.25) is 0 Å². The number of carbonyl (C=O) groups is 2. The number of hydrogen-bond acceptors (Lipinski definition) is 2. The molecule has 0 aromatic heterocycles. The maximum Gasteiger partial charge on any atom is 0.155 e. The van der Waals surface area contributed by atoms with E-state index >= 15 is 4.39 Å². The third-order valence-electron chi connectivity index (χ3n) is 7.29. The van der Waals surface area contributed by atoms with Crippen molar-refractivity contribution in [2.24, 2.45) is 35.0 Å². The Hall–Kier alpha value is -0.990.